The molecule has 0 aromatic heterocycles. The number of methoxy groups -OCH3 is 1. The summed E-state index contributed by atoms with van der Waals surface area (Å²) in [5.74, 6) is -0.503. The van der Waals surface area contributed by atoms with Crippen molar-refractivity contribution in [3.8, 4) is 0 Å². The largest absolute Gasteiger partial charge is 0.465 e. The van der Waals surface area contributed by atoms with E-state index in [4.69, 9.17) is 4.74 Å². The molecular weight excluding hydrogens is 418 g/mol. The van der Waals surface area contributed by atoms with Crippen LogP contribution in [0.5, 0.6) is 0 Å². The average Bonchev–Trinajstić information content (AvgIpc) is 3.17. The molecule has 0 spiro atoms. The van der Waals surface area contributed by atoms with Gasteiger partial charge in [0.2, 0.25) is 0 Å². The Bertz CT molecular complexity index is 1190. The smallest absolute Gasteiger partial charge is 0.337 e. The molecule has 3 aromatic carbocycles. The van der Waals surface area contributed by atoms with Gasteiger partial charge in [-0.15, -0.1) is 0 Å². The molecule has 33 heavy (non-hydrogen) atoms. The molecule has 0 fully saturated rings. The van der Waals surface area contributed by atoms with Crippen molar-refractivity contribution in [2.24, 2.45) is 0 Å². The van der Waals surface area contributed by atoms with Crippen LogP contribution in [-0.4, -0.2) is 31.1 Å². The van der Waals surface area contributed by atoms with Gasteiger partial charge in [-0.1, -0.05) is 36.4 Å². The van der Waals surface area contributed by atoms with Gasteiger partial charge in [0, 0.05) is 29.5 Å². The van der Waals surface area contributed by atoms with Crippen molar-refractivity contribution in [2.45, 2.75) is 25.9 Å². The topological polar surface area (TPSA) is 87.7 Å². The Balaban J connectivity index is 1.43. The molecule has 3 amide bonds. The van der Waals surface area contributed by atoms with Gasteiger partial charge in [-0.3, -0.25) is 4.79 Å². The molecule has 0 aliphatic carbocycles. The summed E-state index contributed by atoms with van der Waals surface area (Å²) in [5.41, 5.74) is 4.35. The van der Waals surface area contributed by atoms with Crippen LogP contribution in [0.25, 0.3) is 0 Å². The number of urea groups is 1. The molecule has 7 heteroatoms. The maximum atomic E-state index is 13.1. The normalized spacial score (nSPS) is 14.4. The fourth-order valence-electron chi connectivity index (χ4n) is 3.99. The number of benzene rings is 3. The van der Waals surface area contributed by atoms with Crippen LogP contribution < -0.4 is 15.5 Å². The van der Waals surface area contributed by atoms with E-state index in [-0.39, 0.29) is 18.5 Å². The molecule has 7 nitrogen and oxygen atoms in total. The van der Waals surface area contributed by atoms with E-state index in [9.17, 15) is 14.4 Å². The number of fused-ring (bicyclic) bond motifs is 1. The number of hydrogen-bond acceptors (Lipinski definition) is 4. The number of carbonyl (C=O) groups is 3. The molecule has 168 valence electrons. The van der Waals surface area contributed by atoms with Crippen molar-refractivity contribution in [3.63, 3.8) is 0 Å². The lowest BCUT2D eigenvalue weighted by Crippen LogP contribution is -2.35. The number of ether oxygens (including phenoxy) is 1. The van der Waals surface area contributed by atoms with Crippen LogP contribution >= 0.6 is 0 Å². The summed E-state index contributed by atoms with van der Waals surface area (Å²) in [4.78, 5) is 39.0. The first-order valence-corrected chi connectivity index (χ1v) is 10.7. The molecule has 4 rings (SSSR count). The van der Waals surface area contributed by atoms with Gasteiger partial charge >= 0.3 is 12.0 Å². The van der Waals surface area contributed by atoms with Crippen LogP contribution in [0.4, 0.5) is 16.2 Å². The number of amides is 3. The van der Waals surface area contributed by atoms with Gasteiger partial charge in [-0.05, 0) is 60.9 Å². The Morgan fingerprint density at radius 1 is 0.970 bits per heavy atom. The zero-order valence-electron chi connectivity index (χ0n) is 18.5. The molecular formula is C26H25N3O4. The molecule has 2 N–H and O–H groups in total. The van der Waals surface area contributed by atoms with Crippen LogP contribution in [0.1, 0.15) is 38.8 Å². The summed E-state index contributed by atoms with van der Waals surface area (Å²) in [5, 5.41) is 5.54. The van der Waals surface area contributed by atoms with E-state index in [0.717, 1.165) is 23.2 Å². The minimum absolute atomic E-state index is 0.0322. The highest BCUT2D eigenvalue weighted by Crippen LogP contribution is 2.34. The highest BCUT2D eigenvalue weighted by atomic mass is 16.5. The molecule has 3 aromatic rings. The van der Waals surface area contributed by atoms with Gasteiger partial charge in [-0.25, -0.2) is 9.59 Å². The summed E-state index contributed by atoms with van der Waals surface area (Å²) < 4.78 is 4.70. The second-order valence-corrected chi connectivity index (χ2v) is 7.94. The predicted molar refractivity (Wildman–Crippen MR) is 126 cm³/mol. The van der Waals surface area contributed by atoms with Gasteiger partial charge in [0.1, 0.15) is 0 Å². The minimum atomic E-state index is -0.471. The first kappa shape index (κ1) is 22.1. The third-order valence-electron chi connectivity index (χ3n) is 5.60. The van der Waals surface area contributed by atoms with Crippen LogP contribution in [0.3, 0.4) is 0 Å². The lowest BCUT2D eigenvalue weighted by molar-refractivity contribution is 0.0600. The average molecular weight is 444 g/mol. The van der Waals surface area contributed by atoms with Gasteiger partial charge in [-0.2, -0.15) is 0 Å². The van der Waals surface area contributed by atoms with Gasteiger partial charge in [0.15, 0.2) is 0 Å². The van der Waals surface area contributed by atoms with E-state index in [0.29, 0.717) is 16.8 Å². The Hall–Kier alpha value is -4.13. The minimum Gasteiger partial charge on any atom is -0.465 e. The molecule has 0 bridgehead atoms. The van der Waals surface area contributed by atoms with E-state index in [2.05, 4.69) is 10.6 Å². The SMILES string of the molecule is COC(=O)c1cccc(NC(=O)NCc2ccc3c(c2)N(C(=O)c2ccccc2)[C@H](C)C3)c1. The highest BCUT2D eigenvalue weighted by Gasteiger charge is 2.31. The van der Waals surface area contributed by atoms with Crippen molar-refractivity contribution >= 4 is 29.3 Å². The molecule has 0 radical (unpaired) electrons. The molecule has 1 atom stereocenters. The summed E-state index contributed by atoms with van der Waals surface area (Å²) in [6.07, 6.45) is 0.790. The molecule has 1 heterocycles. The number of rotatable bonds is 5. The summed E-state index contributed by atoms with van der Waals surface area (Å²) >= 11 is 0. The van der Waals surface area contributed by atoms with E-state index in [1.165, 1.54) is 7.11 Å². The number of hydrogen-bond donors (Lipinski definition) is 2. The maximum absolute atomic E-state index is 13.1. The van der Waals surface area contributed by atoms with Crippen LogP contribution in [0.2, 0.25) is 0 Å². The zero-order chi connectivity index (χ0) is 23.4. The summed E-state index contributed by atoms with van der Waals surface area (Å²) in [6.45, 7) is 2.33. The number of nitrogens with zero attached hydrogens (tertiary/aromatic N) is 1. The summed E-state index contributed by atoms with van der Waals surface area (Å²) in [6, 6.07) is 21.3. The highest BCUT2D eigenvalue weighted by molar-refractivity contribution is 6.07. The molecule has 0 unspecified atom stereocenters. The van der Waals surface area contributed by atoms with Gasteiger partial charge in [0.25, 0.3) is 5.91 Å². The van der Waals surface area contributed by atoms with Gasteiger partial charge < -0.3 is 20.3 Å². The van der Waals surface area contributed by atoms with Crippen molar-refractivity contribution < 1.29 is 19.1 Å². The molecule has 1 aliphatic heterocycles. The van der Waals surface area contributed by atoms with E-state index in [1.807, 2.05) is 60.4 Å². The van der Waals surface area contributed by atoms with Crippen molar-refractivity contribution in [2.75, 3.05) is 17.3 Å². The maximum Gasteiger partial charge on any atom is 0.337 e. The Morgan fingerprint density at radius 3 is 2.48 bits per heavy atom. The lowest BCUT2D eigenvalue weighted by atomic mass is 10.1. The second-order valence-electron chi connectivity index (χ2n) is 7.94. The van der Waals surface area contributed by atoms with E-state index >= 15 is 0 Å². The van der Waals surface area contributed by atoms with Crippen molar-refractivity contribution in [1.29, 1.82) is 0 Å². The first-order valence-electron chi connectivity index (χ1n) is 10.7. The standard InChI is InChI=1S/C26H25N3O4/c1-17-13-20-12-11-18(14-23(20)29(17)24(30)19-7-4-3-5-8-19)16-27-26(32)28-22-10-6-9-21(15-22)25(31)33-2/h3-12,14-15,17H,13,16H2,1-2H3,(H2,27,28,32)/t17-/m1/s1. The third kappa shape index (κ3) is 4.87. The quantitative estimate of drug-likeness (QED) is 0.573. The predicted octanol–water partition coefficient (Wildman–Crippen LogP) is 4.39. The third-order valence-corrected chi connectivity index (χ3v) is 5.60. The monoisotopic (exact) mass is 443 g/mol. The number of nitrogens with one attached hydrogen (secondary N) is 2. The Kier molecular flexibility index (Phi) is 6.40. The summed E-state index contributed by atoms with van der Waals surface area (Å²) in [7, 11) is 1.31. The Labute approximate surface area is 192 Å². The van der Waals surface area contributed by atoms with Crippen LogP contribution in [0.15, 0.2) is 72.8 Å². The fraction of sp³-hybridized carbons (Fsp3) is 0.192. The molecule has 0 saturated heterocycles. The molecule has 0 saturated carbocycles. The Morgan fingerprint density at radius 2 is 1.73 bits per heavy atom. The lowest BCUT2D eigenvalue weighted by Gasteiger charge is -2.23. The van der Waals surface area contributed by atoms with Crippen molar-refractivity contribution in [1.82, 2.24) is 5.32 Å². The number of anilines is 2. The van der Waals surface area contributed by atoms with Crippen molar-refractivity contribution in [3.05, 3.63) is 95.1 Å². The molecule has 1 aliphatic rings. The van der Waals surface area contributed by atoms with Crippen LogP contribution in [-0.2, 0) is 17.7 Å². The zero-order valence-corrected chi connectivity index (χ0v) is 18.5. The first-order chi connectivity index (χ1) is 16.0. The number of esters is 1. The van der Waals surface area contributed by atoms with E-state index in [1.54, 1.807) is 24.3 Å². The van der Waals surface area contributed by atoms with Crippen LogP contribution in [0, 0.1) is 0 Å². The fourth-order valence-corrected chi connectivity index (χ4v) is 3.99. The van der Waals surface area contributed by atoms with E-state index < -0.39 is 12.0 Å². The second kappa shape index (κ2) is 9.56. The van der Waals surface area contributed by atoms with Gasteiger partial charge in [0.05, 0.1) is 12.7 Å². The number of carbonyl (C=O) groups excluding carboxylic acids is 3.